The summed E-state index contributed by atoms with van der Waals surface area (Å²) >= 11 is 1.56. The number of aryl methyl sites for hydroxylation is 2. The van der Waals surface area contributed by atoms with Crippen molar-refractivity contribution in [2.75, 3.05) is 5.73 Å². The van der Waals surface area contributed by atoms with Crippen LogP contribution in [0.15, 0.2) is 12.4 Å². The quantitative estimate of drug-likeness (QED) is 0.869. The minimum Gasteiger partial charge on any atom is -0.396 e. The van der Waals surface area contributed by atoms with Crippen molar-refractivity contribution in [3.8, 4) is 0 Å². The number of thiazole rings is 1. The molecular formula is C11H15N5OS. The van der Waals surface area contributed by atoms with Crippen LogP contribution in [-0.4, -0.2) is 20.7 Å². The number of hydrogen-bond donors (Lipinski definition) is 2. The minimum absolute atomic E-state index is 0.222. The average Bonchev–Trinajstić information content (AvgIpc) is 2.92. The minimum atomic E-state index is -0.222. The molecule has 0 bridgehead atoms. The first-order chi connectivity index (χ1) is 8.61. The van der Waals surface area contributed by atoms with E-state index in [1.807, 2.05) is 13.8 Å². The van der Waals surface area contributed by atoms with E-state index in [0.29, 0.717) is 24.5 Å². The Hall–Kier alpha value is -1.89. The van der Waals surface area contributed by atoms with Crippen molar-refractivity contribution in [1.82, 2.24) is 20.1 Å². The zero-order chi connectivity index (χ0) is 13.1. The molecule has 96 valence electrons. The molecule has 0 aliphatic carbocycles. The second-order valence-electron chi connectivity index (χ2n) is 3.81. The second-order valence-corrected chi connectivity index (χ2v) is 5.13. The van der Waals surface area contributed by atoms with Gasteiger partial charge >= 0.3 is 0 Å². The summed E-state index contributed by atoms with van der Waals surface area (Å²) in [5, 5.41) is 7.71. The van der Waals surface area contributed by atoms with Crippen molar-refractivity contribution in [3.63, 3.8) is 0 Å². The van der Waals surface area contributed by atoms with E-state index in [1.54, 1.807) is 22.2 Å². The number of carbonyl (C=O) groups is 1. The van der Waals surface area contributed by atoms with Gasteiger partial charge < -0.3 is 11.1 Å². The number of nitrogen functional groups attached to an aromatic ring is 1. The topological polar surface area (TPSA) is 85.8 Å². The summed E-state index contributed by atoms with van der Waals surface area (Å²) in [6.07, 6.45) is 3.28. The Morgan fingerprint density at radius 2 is 2.33 bits per heavy atom. The van der Waals surface area contributed by atoms with Gasteiger partial charge in [-0.3, -0.25) is 9.48 Å². The molecule has 0 aliphatic rings. The van der Waals surface area contributed by atoms with E-state index in [0.717, 1.165) is 9.88 Å². The van der Waals surface area contributed by atoms with Crippen LogP contribution in [0.4, 0.5) is 5.69 Å². The van der Waals surface area contributed by atoms with Crippen LogP contribution in [0.25, 0.3) is 0 Å². The molecule has 2 aromatic heterocycles. The SMILES string of the molecule is CCn1ncc(N)c1C(=O)NCc1ncc(C)s1. The van der Waals surface area contributed by atoms with Crippen LogP contribution in [0.5, 0.6) is 0 Å². The van der Waals surface area contributed by atoms with Gasteiger partial charge in [-0.25, -0.2) is 4.98 Å². The number of nitrogens with two attached hydrogens (primary N) is 1. The Morgan fingerprint density at radius 1 is 1.56 bits per heavy atom. The van der Waals surface area contributed by atoms with Crippen LogP contribution in [0.2, 0.25) is 0 Å². The molecule has 0 radical (unpaired) electrons. The lowest BCUT2D eigenvalue weighted by atomic mass is 10.3. The van der Waals surface area contributed by atoms with Gasteiger partial charge in [0, 0.05) is 17.6 Å². The maximum Gasteiger partial charge on any atom is 0.272 e. The Kier molecular flexibility index (Phi) is 3.61. The van der Waals surface area contributed by atoms with Crippen LogP contribution in [0, 0.1) is 6.92 Å². The number of aromatic nitrogens is 3. The highest BCUT2D eigenvalue weighted by Crippen LogP contribution is 2.13. The summed E-state index contributed by atoms with van der Waals surface area (Å²) in [6, 6.07) is 0. The standard InChI is InChI=1S/C11H15N5OS/c1-3-16-10(8(12)5-15-16)11(17)14-6-9-13-4-7(2)18-9/h4-5H,3,6,12H2,1-2H3,(H,14,17). The van der Waals surface area contributed by atoms with E-state index in [9.17, 15) is 4.79 Å². The van der Waals surface area contributed by atoms with Crippen molar-refractivity contribution < 1.29 is 4.79 Å². The summed E-state index contributed by atoms with van der Waals surface area (Å²) in [4.78, 5) is 17.3. The van der Waals surface area contributed by atoms with E-state index in [-0.39, 0.29) is 5.91 Å². The number of amides is 1. The molecule has 0 saturated carbocycles. The van der Waals surface area contributed by atoms with E-state index in [2.05, 4.69) is 15.4 Å². The van der Waals surface area contributed by atoms with Crippen molar-refractivity contribution in [3.05, 3.63) is 28.0 Å². The van der Waals surface area contributed by atoms with Gasteiger partial charge in [0.25, 0.3) is 5.91 Å². The summed E-state index contributed by atoms with van der Waals surface area (Å²) < 4.78 is 1.58. The largest absolute Gasteiger partial charge is 0.396 e. The second kappa shape index (κ2) is 5.18. The first-order valence-corrected chi connectivity index (χ1v) is 6.44. The molecule has 0 aromatic carbocycles. The van der Waals surface area contributed by atoms with Gasteiger partial charge in [-0.15, -0.1) is 11.3 Å². The van der Waals surface area contributed by atoms with Crippen LogP contribution in [0.1, 0.15) is 27.3 Å². The smallest absolute Gasteiger partial charge is 0.272 e. The highest BCUT2D eigenvalue weighted by molar-refractivity contribution is 7.11. The average molecular weight is 265 g/mol. The lowest BCUT2D eigenvalue weighted by Crippen LogP contribution is -2.26. The van der Waals surface area contributed by atoms with Crippen LogP contribution < -0.4 is 11.1 Å². The molecule has 7 heteroatoms. The van der Waals surface area contributed by atoms with E-state index < -0.39 is 0 Å². The van der Waals surface area contributed by atoms with Gasteiger partial charge in [-0.05, 0) is 13.8 Å². The van der Waals surface area contributed by atoms with Crippen molar-refractivity contribution in [2.45, 2.75) is 26.9 Å². The van der Waals surface area contributed by atoms with Gasteiger partial charge in [0.2, 0.25) is 0 Å². The molecule has 0 saturated heterocycles. The number of nitrogens with zero attached hydrogens (tertiary/aromatic N) is 3. The van der Waals surface area contributed by atoms with E-state index in [4.69, 9.17) is 5.73 Å². The number of rotatable bonds is 4. The number of hydrogen-bond acceptors (Lipinski definition) is 5. The van der Waals surface area contributed by atoms with E-state index >= 15 is 0 Å². The summed E-state index contributed by atoms with van der Waals surface area (Å²) in [5.41, 5.74) is 6.54. The Labute approximate surface area is 109 Å². The molecule has 0 spiro atoms. The fourth-order valence-electron chi connectivity index (χ4n) is 1.61. The molecule has 2 rings (SSSR count). The van der Waals surface area contributed by atoms with Crippen LogP contribution in [0.3, 0.4) is 0 Å². The third kappa shape index (κ3) is 2.51. The molecule has 0 unspecified atom stereocenters. The predicted octanol–water partition coefficient (Wildman–Crippen LogP) is 1.18. The number of nitrogens with one attached hydrogen (secondary N) is 1. The van der Waals surface area contributed by atoms with Crippen molar-refractivity contribution >= 4 is 22.9 Å². The highest BCUT2D eigenvalue weighted by atomic mass is 32.1. The van der Waals surface area contributed by atoms with Gasteiger partial charge in [0.1, 0.15) is 10.7 Å². The fourth-order valence-corrected chi connectivity index (χ4v) is 2.34. The molecule has 2 heterocycles. The Balaban J connectivity index is 2.05. The molecule has 0 aliphatic heterocycles. The van der Waals surface area contributed by atoms with Crippen molar-refractivity contribution in [2.24, 2.45) is 0 Å². The fraction of sp³-hybridized carbons (Fsp3) is 0.364. The lowest BCUT2D eigenvalue weighted by molar-refractivity contribution is 0.0941. The van der Waals surface area contributed by atoms with Gasteiger partial charge in [-0.2, -0.15) is 5.10 Å². The monoisotopic (exact) mass is 265 g/mol. The highest BCUT2D eigenvalue weighted by Gasteiger charge is 2.16. The van der Waals surface area contributed by atoms with Crippen LogP contribution >= 0.6 is 11.3 Å². The van der Waals surface area contributed by atoms with Gasteiger partial charge in [-0.1, -0.05) is 0 Å². The van der Waals surface area contributed by atoms with Crippen molar-refractivity contribution in [1.29, 1.82) is 0 Å². The third-order valence-electron chi connectivity index (χ3n) is 2.45. The van der Waals surface area contributed by atoms with Crippen LogP contribution in [-0.2, 0) is 13.1 Å². The van der Waals surface area contributed by atoms with E-state index in [1.165, 1.54) is 6.20 Å². The Bertz CT molecular complexity index is 560. The number of carbonyl (C=O) groups excluding carboxylic acids is 1. The molecule has 18 heavy (non-hydrogen) atoms. The maximum absolute atomic E-state index is 12.0. The van der Waals surface area contributed by atoms with Gasteiger partial charge in [0.15, 0.2) is 0 Å². The molecule has 2 aromatic rings. The lowest BCUT2D eigenvalue weighted by Gasteiger charge is -2.06. The predicted molar refractivity (Wildman–Crippen MR) is 70.3 cm³/mol. The molecule has 1 amide bonds. The summed E-state index contributed by atoms with van der Waals surface area (Å²) in [7, 11) is 0. The van der Waals surface area contributed by atoms with Gasteiger partial charge in [0.05, 0.1) is 18.4 Å². The first-order valence-electron chi connectivity index (χ1n) is 5.62. The first kappa shape index (κ1) is 12.6. The molecule has 6 nitrogen and oxygen atoms in total. The maximum atomic E-state index is 12.0. The molecular weight excluding hydrogens is 250 g/mol. The molecule has 0 fully saturated rings. The normalized spacial score (nSPS) is 10.6. The number of anilines is 1. The third-order valence-corrected chi connectivity index (χ3v) is 3.36. The summed E-state index contributed by atoms with van der Waals surface area (Å²) in [5.74, 6) is -0.222. The molecule has 3 N–H and O–H groups in total. The zero-order valence-corrected chi connectivity index (χ0v) is 11.1. The molecule has 0 atom stereocenters. The summed E-state index contributed by atoms with van der Waals surface area (Å²) in [6.45, 7) is 4.91. The zero-order valence-electron chi connectivity index (χ0n) is 10.3. The Morgan fingerprint density at radius 3 is 2.94 bits per heavy atom.